The SMILES string of the molecule is CCC(CC)C(Cl)OC1CC1. The lowest BCUT2D eigenvalue weighted by Gasteiger charge is -2.19. The molecule has 1 rings (SSSR count). The van der Waals surface area contributed by atoms with Gasteiger partial charge in [0.25, 0.3) is 0 Å². The van der Waals surface area contributed by atoms with E-state index in [-0.39, 0.29) is 5.56 Å². The van der Waals surface area contributed by atoms with Gasteiger partial charge in [0.2, 0.25) is 0 Å². The molecule has 0 aromatic rings. The molecule has 0 N–H and O–H groups in total. The fourth-order valence-electron chi connectivity index (χ4n) is 1.16. The minimum absolute atomic E-state index is 0.0440. The number of alkyl halides is 1. The van der Waals surface area contributed by atoms with Gasteiger partial charge in [0.1, 0.15) is 5.56 Å². The van der Waals surface area contributed by atoms with E-state index >= 15 is 0 Å². The summed E-state index contributed by atoms with van der Waals surface area (Å²) in [5.74, 6) is 0.539. The Kier molecular flexibility index (Phi) is 3.67. The number of hydrogen-bond donors (Lipinski definition) is 0. The van der Waals surface area contributed by atoms with Gasteiger partial charge in [-0.3, -0.25) is 0 Å². The maximum absolute atomic E-state index is 6.06. The van der Waals surface area contributed by atoms with Gasteiger partial charge in [-0.2, -0.15) is 0 Å². The third kappa shape index (κ3) is 3.00. The molecule has 0 spiro atoms. The molecule has 11 heavy (non-hydrogen) atoms. The first-order chi connectivity index (χ1) is 5.27. The van der Waals surface area contributed by atoms with Gasteiger partial charge in [0.15, 0.2) is 0 Å². The van der Waals surface area contributed by atoms with E-state index < -0.39 is 0 Å². The van der Waals surface area contributed by atoms with Crippen molar-refractivity contribution in [1.82, 2.24) is 0 Å². The second-order valence-electron chi connectivity index (χ2n) is 3.26. The standard InChI is InChI=1S/C9H17ClO/c1-3-7(4-2)9(10)11-8-5-6-8/h7-9H,3-6H2,1-2H3. The van der Waals surface area contributed by atoms with Crippen molar-refractivity contribution >= 4 is 11.6 Å². The van der Waals surface area contributed by atoms with Crippen LogP contribution in [0, 0.1) is 5.92 Å². The highest BCUT2D eigenvalue weighted by Gasteiger charge is 2.28. The van der Waals surface area contributed by atoms with E-state index in [9.17, 15) is 0 Å². The molecule has 1 atom stereocenters. The molecular formula is C9H17ClO. The Hall–Kier alpha value is 0.250. The lowest BCUT2D eigenvalue weighted by molar-refractivity contribution is 0.0524. The van der Waals surface area contributed by atoms with Crippen molar-refractivity contribution in [1.29, 1.82) is 0 Å². The van der Waals surface area contributed by atoms with E-state index in [1.807, 2.05) is 0 Å². The number of halogens is 1. The molecule has 0 saturated heterocycles. The molecule has 1 unspecified atom stereocenters. The lowest BCUT2D eigenvalue weighted by Crippen LogP contribution is -2.17. The molecule has 1 nitrogen and oxygen atoms in total. The fourth-order valence-corrected chi connectivity index (χ4v) is 1.66. The van der Waals surface area contributed by atoms with Crippen molar-refractivity contribution in [3.8, 4) is 0 Å². The van der Waals surface area contributed by atoms with E-state index in [1.165, 1.54) is 12.8 Å². The van der Waals surface area contributed by atoms with Gasteiger partial charge in [0, 0.05) is 0 Å². The Balaban J connectivity index is 2.18. The number of rotatable bonds is 5. The Bertz CT molecular complexity index is 108. The third-order valence-corrected chi connectivity index (χ3v) is 2.73. The third-order valence-electron chi connectivity index (χ3n) is 2.27. The molecule has 0 aromatic heterocycles. The van der Waals surface area contributed by atoms with Crippen molar-refractivity contribution in [3.05, 3.63) is 0 Å². The van der Waals surface area contributed by atoms with Gasteiger partial charge in [-0.15, -0.1) is 0 Å². The minimum atomic E-state index is -0.0440. The largest absolute Gasteiger partial charge is 0.359 e. The fraction of sp³-hybridized carbons (Fsp3) is 1.00. The topological polar surface area (TPSA) is 9.23 Å². The van der Waals surface area contributed by atoms with Gasteiger partial charge >= 0.3 is 0 Å². The lowest BCUT2D eigenvalue weighted by atomic mass is 10.1. The van der Waals surface area contributed by atoms with Crippen LogP contribution in [0.4, 0.5) is 0 Å². The van der Waals surface area contributed by atoms with Gasteiger partial charge in [-0.25, -0.2) is 0 Å². The van der Waals surface area contributed by atoms with Crippen molar-refractivity contribution in [2.75, 3.05) is 0 Å². The average Bonchev–Trinajstić information content (AvgIpc) is 2.74. The van der Waals surface area contributed by atoms with Gasteiger partial charge < -0.3 is 4.74 Å². The van der Waals surface area contributed by atoms with Crippen LogP contribution in [0.5, 0.6) is 0 Å². The van der Waals surface area contributed by atoms with E-state index in [2.05, 4.69) is 13.8 Å². The van der Waals surface area contributed by atoms with Crippen LogP contribution in [0.2, 0.25) is 0 Å². The molecule has 66 valence electrons. The van der Waals surface area contributed by atoms with Crippen LogP contribution in [0.3, 0.4) is 0 Å². The van der Waals surface area contributed by atoms with Crippen LogP contribution in [0.25, 0.3) is 0 Å². The first-order valence-corrected chi connectivity index (χ1v) is 5.01. The predicted octanol–water partition coefficient (Wildman–Crippen LogP) is 3.17. The molecule has 1 saturated carbocycles. The summed E-state index contributed by atoms with van der Waals surface area (Å²) in [6.45, 7) is 4.33. The van der Waals surface area contributed by atoms with Crippen LogP contribution in [-0.4, -0.2) is 11.7 Å². The molecule has 0 radical (unpaired) electrons. The Morgan fingerprint density at radius 2 is 1.91 bits per heavy atom. The molecule has 0 amide bonds. The van der Waals surface area contributed by atoms with Crippen LogP contribution in [0.1, 0.15) is 39.5 Å². The average molecular weight is 177 g/mol. The Morgan fingerprint density at radius 1 is 1.36 bits per heavy atom. The highest BCUT2D eigenvalue weighted by atomic mass is 35.5. The second-order valence-corrected chi connectivity index (χ2v) is 3.69. The first-order valence-electron chi connectivity index (χ1n) is 4.57. The zero-order valence-electron chi connectivity index (χ0n) is 7.35. The minimum Gasteiger partial charge on any atom is -0.359 e. The molecule has 0 aromatic carbocycles. The highest BCUT2D eigenvalue weighted by molar-refractivity contribution is 6.19. The molecule has 1 aliphatic carbocycles. The first kappa shape index (κ1) is 9.34. The zero-order valence-corrected chi connectivity index (χ0v) is 8.10. The van der Waals surface area contributed by atoms with Crippen molar-refractivity contribution in [2.24, 2.45) is 5.92 Å². The predicted molar refractivity (Wildman–Crippen MR) is 47.8 cm³/mol. The van der Waals surface area contributed by atoms with Crippen molar-refractivity contribution in [3.63, 3.8) is 0 Å². The quantitative estimate of drug-likeness (QED) is 0.585. The molecule has 0 aliphatic heterocycles. The van der Waals surface area contributed by atoms with Gasteiger partial charge in [-0.1, -0.05) is 25.4 Å². The van der Waals surface area contributed by atoms with E-state index in [4.69, 9.17) is 16.3 Å². The van der Waals surface area contributed by atoms with Crippen LogP contribution in [-0.2, 0) is 4.74 Å². The van der Waals surface area contributed by atoms with Gasteiger partial charge in [-0.05, 0) is 31.6 Å². The maximum atomic E-state index is 6.06. The smallest absolute Gasteiger partial charge is 0.134 e. The van der Waals surface area contributed by atoms with Gasteiger partial charge in [0.05, 0.1) is 6.10 Å². The summed E-state index contributed by atoms with van der Waals surface area (Å²) in [7, 11) is 0. The molecule has 0 heterocycles. The molecule has 2 heteroatoms. The Morgan fingerprint density at radius 3 is 2.27 bits per heavy atom. The van der Waals surface area contributed by atoms with Crippen LogP contribution in [0.15, 0.2) is 0 Å². The van der Waals surface area contributed by atoms with E-state index in [0.717, 1.165) is 12.8 Å². The molecule has 0 bridgehead atoms. The van der Waals surface area contributed by atoms with Crippen molar-refractivity contribution in [2.45, 2.75) is 51.2 Å². The van der Waals surface area contributed by atoms with E-state index in [1.54, 1.807) is 0 Å². The molecular weight excluding hydrogens is 160 g/mol. The zero-order chi connectivity index (χ0) is 8.27. The van der Waals surface area contributed by atoms with Crippen LogP contribution >= 0.6 is 11.6 Å². The summed E-state index contributed by atoms with van der Waals surface area (Å²) in [4.78, 5) is 0. The summed E-state index contributed by atoms with van der Waals surface area (Å²) < 4.78 is 5.57. The maximum Gasteiger partial charge on any atom is 0.134 e. The monoisotopic (exact) mass is 176 g/mol. The summed E-state index contributed by atoms with van der Waals surface area (Å²) in [6, 6.07) is 0. The molecule has 1 aliphatic rings. The normalized spacial score (nSPS) is 20.7. The van der Waals surface area contributed by atoms with Crippen LogP contribution < -0.4 is 0 Å². The second kappa shape index (κ2) is 4.32. The molecule has 1 fully saturated rings. The van der Waals surface area contributed by atoms with E-state index in [0.29, 0.717) is 12.0 Å². The number of hydrogen-bond acceptors (Lipinski definition) is 1. The van der Waals surface area contributed by atoms with Crippen molar-refractivity contribution < 1.29 is 4.74 Å². The number of ether oxygens (including phenoxy) is 1. The summed E-state index contributed by atoms with van der Waals surface area (Å²) in [5, 5.41) is 0. The summed E-state index contributed by atoms with van der Waals surface area (Å²) in [6.07, 6.45) is 5.15. The summed E-state index contributed by atoms with van der Waals surface area (Å²) in [5.41, 5.74) is -0.0440. The summed E-state index contributed by atoms with van der Waals surface area (Å²) >= 11 is 6.06. The highest BCUT2D eigenvalue weighted by Crippen LogP contribution is 2.30. The Labute approximate surface area is 74.1 Å².